The number of nitrogens with one attached hydrogen (secondary N) is 2. The molecule has 0 spiro atoms. The summed E-state index contributed by atoms with van der Waals surface area (Å²) in [4.78, 5) is 12.3. The summed E-state index contributed by atoms with van der Waals surface area (Å²) in [5, 5.41) is 6.26. The average molecular weight is 260 g/mol. The van der Waals surface area contributed by atoms with Crippen LogP contribution in [-0.4, -0.2) is 19.0 Å². The van der Waals surface area contributed by atoms with Crippen molar-refractivity contribution in [2.75, 3.05) is 12.4 Å². The Labute approximate surface area is 115 Å². The number of hydrogen-bond acceptors (Lipinski definition) is 2. The van der Waals surface area contributed by atoms with Crippen molar-refractivity contribution in [3.8, 4) is 0 Å². The Bertz CT molecular complexity index is 480. The highest BCUT2D eigenvalue weighted by Gasteiger charge is 2.31. The van der Waals surface area contributed by atoms with E-state index >= 15 is 0 Å². The Morgan fingerprint density at radius 3 is 2.63 bits per heavy atom. The second-order valence-corrected chi connectivity index (χ2v) is 6.36. The van der Waals surface area contributed by atoms with E-state index in [9.17, 15) is 4.79 Å². The lowest BCUT2D eigenvalue weighted by Crippen LogP contribution is -2.33. The van der Waals surface area contributed by atoms with E-state index in [1.54, 1.807) is 0 Å². The molecule has 1 fully saturated rings. The molecule has 2 N–H and O–H groups in total. The van der Waals surface area contributed by atoms with Gasteiger partial charge in [-0.3, -0.25) is 4.79 Å². The lowest BCUT2D eigenvalue weighted by molar-refractivity contribution is 0.0935. The first-order valence-corrected chi connectivity index (χ1v) is 7.00. The maximum absolute atomic E-state index is 12.3. The number of benzene rings is 1. The second kappa shape index (κ2) is 5.24. The lowest BCUT2D eigenvalue weighted by atomic mass is 9.92. The zero-order valence-electron chi connectivity index (χ0n) is 12.3. The molecular weight excluding hydrogens is 236 g/mol. The van der Waals surface area contributed by atoms with Crippen molar-refractivity contribution in [2.24, 2.45) is 5.41 Å². The summed E-state index contributed by atoms with van der Waals surface area (Å²) >= 11 is 0. The number of hydrogen-bond donors (Lipinski definition) is 2. The first kappa shape index (κ1) is 13.9. The Hall–Kier alpha value is -1.51. The molecule has 3 nitrogen and oxygen atoms in total. The summed E-state index contributed by atoms with van der Waals surface area (Å²) in [7, 11) is 1.88. The van der Waals surface area contributed by atoms with Gasteiger partial charge in [0.15, 0.2) is 0 Å². The van der Waals surface area contributed by atoms with E-state index in [4.69, 9.17) is 0 Å². The number of carbonyl (C=O) groups is 1. The molecule has 1 aromatic carbocycles. The van der Waals surface area contributed by atoms with E-state index in [1.807, 2.05) is 32.2 Å². The van der Waals surface area contributed by atoms with Crippen molar-refractivity contribution >= 4 is 11.6 Å². The van der Waals surface area contributed by atoms with E-state index in [0.717, 1.165) is 29.7 Å². The summed E-state index contributed by atoms with van der Waals surface area (Å²) in [5.74, 6) is 0.0582. The molecule has 1 unspecified atom stereocenters. The number of amides is 1. The molecule has 1 aliphatic carbocycles. The Balaban J connectivity index is 2.04. The molecule has 19 heavy (non-hydrogen) atoms. The van der Waals surface area contributed by atoms with Gasteiger partial charge in [0.2, 0.25) is 0 Å². The topological polar surface area (TPSA) is 41.1 Å². The SMILES string of the molecule is CNc1ccc(C(=O)NC2CCC(C)(C)C2)c(C)c1. The predicted octanol–water partition coefficient (Wildman–Crippen LogP) is 3.35. The molecule has 0 aromatic heterocycles. The normalized spacial score (nSPS) is 21.2. The van der Waals surface area contributed by atoms with Gasteiger partial charge in [-0.2, -0.15) is 0 Å². The van der Waals surface area contributed by atoms with Crippen molar-refractivity contribution in [1.29, 1.82) is 0 Å². The minimum Gasteiger partial charge on any atom is -0.388 e. The zero-order chi connectivity index (χ0) is 14.0. The molecule has 2 rings (SSSR count). The van der Waals surface area contributed by atoms with Crippen LogP contribution in [-0.2, 0) is 0 Å². The van der Waals surface area contributed by atoms with Gasteiger partial charge in [0.1, 0.15) is 0 Å². The van der Waals surface area contributed by atoms with Gasteiger partial charge >= 0.3 is 0 Å². The van der Waals surface area contributed by atoms with E-state index < -0.39 is 0 Å². The quantitative estimate of drug-likeness (QED) is 0.875. The molecule has 0 saturated heterocycles. The fourth-order valence-corrected chi connectivity index (χ4v) is 2.90. The van der Waals surface area contributed by atoms with Gasteiger partial charge in [0.05, 0.1) is 0 Å². The molecule has 0 aliphatic heterocycles. The molecule has 0 radical (unpaired) electrons. The largest absolute Gasteiger partial charge is 0.388 e. The Morgan fingerprint density at radius 1 is 1.37 bits per heavy atom. The molecule has 1 aliphatic rings. The number of carbonyl (C=O) groups excluding carboxylic acids is 1. The van der Waals surface area contributed by atoms with Crippen LogP contribution in [0, 0.1) is 12.3 Å². The lowest BCUT2D eigenvalue weighted by Gasteiger charge is -2.18. The van der Waals surface area contributed by atoms with Crippen LogP contribution in [0.2, 0.25) is 0 Å². The molecule has 3 heteroatoms. The van der Waals surface area contributed by atoms with Crippen molar-refractivity contribution < 1.29 is 4.79 Å². The van der Waals surface area contributed by atoms with Crippen LogP contribution < -0.4 is 10.6 Å². The summed E-state index contributed by atoms with van der Waals surface area (Å²) in [6.45, 7) is 6.52. The molecule has 1 saturated carbocycles. The predicted molar refractivity (Wildman–Crippen MR) is 79.6 cm³/mol. The first-order valence-electron chi connectivity index (χ1n) is 7.00. The van der Waals surface area contributed by atoms with E-state index in [0.29, 0.717) is 11.5 Å². The van der Waals surface area contributed by atoms with Crippen molar-refractivity contribution in [3.05, 3.63) is 29.3 Å². The van der Waals surface area contributed by atoms with Gasteiger partial charge in [0.25, 0.3) is 5.91 Å². The van der Waals surface area contributed by atoms with Gasteiger partial charge in [-0.15, -0.1) is 0 Å². The fourth-order valence-electron chi connectivity index (χ4n) is 2.90. The maximum Gasteiger partial charge on any atom is 0.251 e. The van der Waals surface area contributed by atoms with Crippen molar-refractivity contribution in [2.45, 2.75) is 46.1 Å². The Kier molecular flexibility index (Phi) is 3.83. The summed E-state index contributed by atoms with van der Waals surface area (Å²) < 4.78 is 0. The van der Waals surface area contributed by atoms with Crippen LogP contribution in [0.5, 0.6) is 0 Å². The van der Waals surface area contributed by atoms with E-state index in [1.165, 1.54) is 6.42 Å². The second-order valence-electron chi connectivity index (χ2n) is 6.36. The van der Waals surface area contributed by atoms with Crippen LogP contribution in [0.3, 0.4) is 0 Å². The monoisotopic (exact) mass is 260 g/mol. The average Bonchev–Trinajstić information content (AvgIpc) is 2.68. The summed E-state index contributed by atoms with van der Waals surface area (Å²) in [5.41, 5.74) is 3.20. The number of anilines is 1. The van der Waals surface area contributed by atoms with Gasteiger partial charge < -0.3 is 10.6 Å². The molecule has 1 atom stereocenters. The highest BCUT2D eigenvalue weighted by atomic mass is 16.1. The smallest absolute Gasteiger partial charge is 0.251 e. The number of aryl methyl sites for hydroxylation is 1. The van der Waals surface area contributed by atoms with Crippen molar-refractivity contribution in [3.63, 3.8) is 0 Å². The first-order chi connectivity index (χ1) is 8.91. The minimum atomic E-state index is 0.0582. The van der Waals surface area contributed by atoms with Gasteiger partial charge in [-0.25, -0.2) is 0 Å². The van der Waals surface area contributed by atoms with Crippen LogP contribution in [0.25, 0.3) is 0 Å². The third kappa shape index (κ3) is 3.28. The van der Waals surface area contributed by atoms with Crippen LogP contribution >= 0.6 is 0 Å². The number of rotatable bonds is 3. The van der Waals surface area contributed by atoms with Crippen molar-refractivity contribution in [1.82, 2.24) is 5.32 Å². The maximum atomic E-state index is 12.3. The van der Waals surface area contributed by atoms with Gasteiger partial charge in [-0.1, -0.05) is 13.8 Å². The van der Waals surface area contributed by atoms with Crippen LogP contribution in [0.1, 0.15) is 49.0 Å². The summed E-state index contributed by atoms with van der Waals surface area (Å²) in [6, 6.07) is 6.18. The van der Waals surface area contributed by atoms with E-state index in [2.05, 4.69) is 24.5 Å². The van der Waals surface area contributed by atoms with E-state index in [-0.39, 0.29) is 5.91 Å². The Morgan fingerprint density at radius 2 is 2.11 bits per heavy atom. The third-order valence-corrected chi connectivity index (χ3v) is 4.06. The zero-order valence-corrected chi connectivity index (χ0v) is 12.3. The third-order valence-electron chi connectivity index (χ3n) is 4.06. The molecule has 104 valence electrons. The van der Waals surface area contributed by atoms with Gasteiger partial charge in [0, 0.05) is 24.3 Å². The van der Waals surface area contributed by atoms with Gasteiger partial charge in [-0.05, 0) is 55.4 Å². The molecule has 1 amide bonds. The van der Waals surface area contributed by atoms with Crippen LogP contribution in [0.4, 0.5) is 5.69 Å². The fraction of sp³-hybridized carbons (Fsp3) is 0.562. The summed E-state index contributed by atoms with van der Waals surface area (Å²) in [6.07, 6.45) is 3.36. The highest BCUT2D eigenvalue weighted by molar-refractivity contribution is 5.96. The highest BCUT2D eigenvalue weighted by Crippen LogP contribution is 2.37. The van der Waals surface area contributed by atoms with Crippen LogP contribution in [0.15, 0.2) is 18.2 Å². The molecule has 1 aromatic rings. The minimum absolute atomic E-state index is 0.0582. The molecule has 0 bridgehead atoms. The standard InChI is InChI=1S/C16H24N2O/c1-11-9-12(17-4)5-6-14(11)15(19)18-13-7-8-16(2,3)10-13/h5-6,9,13,17H,7-8,10H2,1-4H3,(H,18,19). The molecular formula is C16H24N2O. The molecule has 0 heterocycles.